The van der Waals surface area contributed by atoms with Gasteiger partial charge in [0.2, 0.25) is 0 Å². The first kappa shape index (κ1) is 11.4. The van der Waals surface area contributed by atoms with E-state index in [1.165, 1.54) is 45.2 Å². The fraction of sp³-hybridized carbons (Fsp3) is 1.00. The maximum atomic E-state index is 3.41. The lowest BCUT2D eigenvalue weighted by atomic mass is 9.85. The molecule has 1 saturated heterocycles. The number of hydrogen-bond donors (Lipinski definition) is 1. The number of nitrogens with one attached hydrogen (secondary N) is 1. The summed E-state index contributed by atoms with van der Waals surface area (Å²) in [4.78, 5) is 2.75. The molecular formula is C13H26N2. The third-order valence-corrected chi connectivity index (χ3v) is 4.58. The van der Waals surface area contributed by atoms with Gasteiger partial charge in [-0.05, 0) is 51.2 Å². The number of nitrogens with zero attached hydrogens (tertiary/aromatic N) is 1. The van der Waals surface area contributed by atoms with E-state index in [4.69, 9.17) is 0 Å². The lowest BCUT2D eigenvalue weighted by molar-refractivity contribution is 0.0831. The van der Waals surface area contributed by atoms with Crippen LogP contribution in [0.4, 0.5) is 0 Å². The van der Waals surface area contributed by atoms with Crippen molar-refractivity contribution in [3.63, 3.8) is 0 Å². The number of piperidine rings is 1. The van der Waals surface area contributed by atoms with E-state index in [0.29, 0.717) is 5.41 Å². The normalized spacial score (nSPS) is 33.4. The molecule has 1 saturated carbocycles. The zero-order valence-corrected chi connectivity index (χ0v) is 10.6. The molecule has 0 radical (unpaired) electrons. The Labute approximate surface area is 94.4 Å². The standard InChI is InChI=1S/C13H26N2/c1-13(2)8-4-5-12(13)15-9-6-11(14-3)7-10-15/h11-12,14H,4-10H2,1-3H3. The molecule has 1 unspecified atom stereocenters. The zero-order chi connectivity index (χ0) is 10.9. The third kappa shape index (κ3) is 2.36. The molecular weight excluding hydrogens is 184 g/mol. The molecule has 0 aromatic heterocycles. The Balaban J connectivity index is 1.90. The smallest absolute Gasteiger partial charge is 0.0146 e. The molecule has 0 spiro atoms. The van der Waals surface area contributed by atoms with Crippen LogP contribution in [-0.4, -0.2) is 37.1 Å². The Morgan fingerprint density at radius 1 is 1.13 bits per heavy atom. The molecule has 1 aliphatic heterocycles. The van der Waals surface area contributed by atoms with E-state index in [1.807, 2.05) is 0 Å². The Morgan fingerprint density at radius 2 is 1.80 bits per heavy atom. The van der Waals surface area contributed by atoms with Crippen molar-refractivity contribution in [3.8, 4) is 0 Å². The first-order valence-corrected chi connectivity index (χ1v) is 6.55. The summed E-state index contributed by atoms with van der Waals surface area (Å²) in [6.07, 6.45) is 6.95. The van der Waals surface area contributed by atoms with Gasteiger partial charge in [-0.3, -0.25) is 4.90 Å². The largest absolute Gasteiger partial charge is 0.317 e. The van der Waals surface area contributed by atoms with E-state index in [9.17, 15) is 0 Å². The first-order valence-electron chi connectivity index (χ1n) is 6.55. The molecule has 1 aliphatic carbocycles. The quantitative estimate of drug-likeness (QED) is 0.752. The average molecular weight is 210 g/mol. The lowest BCUT2D eigenvalue weighted by Gasteiger charge is -2.41. The van der Waals surface area contributed by atoms with Crippen LogP contribution in [0.5, 0.6) is 0 Å². The second kappa shape index (κ2) is 4.42. The first-order chi connectivity index (χ1) is 7.13. The fourth-order valence-electron chi connectivity index (χ4n) is 3.49. The third-order valence-electron chi connectivity index (χ3n) is 4.58. The van der Waals surface area contributed by atoms with Crippen LogP contribution in [0.1, 0.15) is 46.0 Å². The molecule has 88 valence electrons. The monoisotopic (exact) mass is 210 g/mol. The maximum Gasteiger partial charge on any atom is 0.0146 e. The average Bonchev–Trinajstić information content (AvgIpc) is 2.58. The molecule has 2 nitrogen and oxygen atoms in total. The van der Waals surface area contributed by atoms with Crippen molar-refractivity contribution in [1.82, 2.24) is 10.2 Å². The Hall–Kier alpha value is -0.0800. The molecule has 1 heterocycles. The van der Waals surface area contributed by atoms with Crippen LogP contribution < -0.4 is 5.32 Å². The summed E-state index contributed by atoms with van der Waals surface area (Å²) in [6.45, 7) is 7.52. The molecule has 2 fully saturated rings. The van der Waals surface area contributed by atoms with E-state index >= 15 is 0 Å². The minimum atomic E-state index is 0.562. The van der Waals surface area contributed by atoms with Gasteiger partial charge in [-0.25, -0.2) is 0 Å². The highest BCUT2D eigenvalue weighted by Crippen LogP contribution is 2.41. The van der Waals surface area contributed by atoms with Gasteiger partial charge in [-0.1, -0.05) is 20.3 Å². The predicted octanol–water partition coefficient (Wildman–Crippen LogP) is 2.25. The number of rotatable bonds is 2. The molecule has 1 N–H and O–H groups in total. The van der Waals surface area contributed by atoms with Crippen LogP contribution in [0, 0.1) is 5.41 Å². The van der Waals surface area contributed by atoms with Gasteiger partial charge in [0, 0.05) is 12.1 Å². The van der Waals surface area contributed by atoms with Crippen LogP contribution in [0.3, 0.4) is 0 Å². The van der Waals surface area contributed by atoms with Crippen LogP contribution in [0.2, 0.25) is 0 Å². The minimum Gasteiger partial charge on any atom is -0.317 e. The van der Waals surface area contributed by atoms with Crippen molar-refractivity contribution in [2.75, 3.05) is 20.1 Å². The van der Waals surface area contributed by atoms with Crippen LogP contribution in [0.15, 0.2) is 0 Å². The molecule has 1 atom stereocenters. The van der Waals surface area contributed by atoms with Crippen molar-refractivity contribution in [1.29, 1.82) is 0 Å². The molecule has 0 bridgehead atoms. The van der Waals surface area contributed by atoms with Crippen molar-refractivity contribution in [2.24, 2.45) is 5.41 Å². The highest BCUT2D eigenvalue weighted by molar-refractivity contribution is 4.93. The summed E-state index contributed by atoms with van der Waals surface area (Å²) in [7, 11) is 2.10. The predicted molar refractivity (Wildman–Crippen MR) is 65.1 cm³/mol. The highest BCUT2D eigenvalue weighted by Gasteiger charge is 2.39. The van der Waals surface area contributed by atoms with Crippen LogP contribution in [-0.2, 0) is 0 Å². The van der Waals surface area contributed by atoms with Crippen LogP contribution >= 0.6 is 0 Å². The summed E-state index contributed by atoms with van der Waals surface area (Å²) in [6, 6.07) is 1.63. The van der Waals surface area contributed by atoms with E-state index in [0.717, 1.165) is 12.1 Å². The maximum absolute atomic E-state index is 3.41. The van der Waals surface area contributed by atoms with Gasteiger partial charge >= 0.3 is 0 Å². The summed E-state index contributed by atoms with van der Waals surface area (Å²) < 4.78 is 0. The second-order valence-corrected chi connectivity index (χ2v) is 6.00. The summed E-state index contributed by atoms with van der Waals surface area (Å²) in [5, 5.41) is 3.41. The minimum absolute atomic E-state index is 0.562. The molecule has 15 heavy (non-hydrogen) atoms. The van der Waals surface area contributed by atoms with E-state index < -0.39 is 0 Å². The van der Waals surface area contributed by atoms with Gasteiger partial charge in [0.1, 0.15) is 0 Å². The van der Waals surface area contributed by atoms with Gasteiger partial charge in [0.05, 0.1) is 0 Å². The Morgan fingerprint density at radius 3 is 2.27 bits per heavy atom. The van der Waals surface area contributed by atoms with Crippen molar-refractivity contribution < 1.29 is 0 Å². The second-order valence-electron chi connectivity index (χ2n) is 6.00. The van der Waals surface area contributed by atoms with Gasteiger partial charge in [0.25, 0.3) is 0 Å². The highest BCUT2D eigenvalue weighted by atomic mass is 15.2. The van der Waals surface area contributed by atoms with Crippen molar-refractivity contribution in [3.05, 3.63) is 0 Å². The van der Waals surface area contributed by atoms with E-state index in [-0.39, 0.29) is 0 Å². The molecule has 0 aromatic carbocycles. The summed E-state index contributed by atoms with van der Waals surface area (Å²) >= 11 is 0. The van der Waals surface area contributed by atoms with Gasteiger partial charge in [-0.15, -0.1) is 0 Å². The zero-order valence-electron chi connectivity index (χ0n) is 10.6. The Kier molecular flexibility index (Phi) is 3.36. The summed E-state index contributed by atoms with van der Waals surface area (Å²) in [5.41, 5.74) is 0.562. The molecule has 2 aliphatic rings. The number of likely N-dealkylation sites (tertiary alicyclic amines) is 1. The van der Waals surface area contributed by atoms with Crippen molar-refractivity contribution in [2.45, 2.75) is 58.0 Å². The molecule has 2 rings (SSSR count). The molecule has 0 amide bonds. The van der Waals surface area contributed by atoms with Crippen LogP contribution in [0.25, 0.3) is 0 Å². The van der Waals surface area contributed by atoms with E-state index in [2.05, 4.69) is 31.1 Å². The molecule has 2 heteroatoms. The van der Waals surface area contributed by atoms with Gasteiger partial charge < -0.3 is 5.32 Å². The van der Waals surface area contributed by atoms with Crippen molar-refractivity contribution >= 4 is 0 Å². The number of hydrogen-bond acceptors (Lipinski definition) is 2. The Bertz CT molecular complexity index is 205. The molecule has 0 aromatic rings. The topological polar surface area (TPSA) is 15.3 Å². The lowest BCUT2D eigenvalue weighted by Crippen LogP contribution is -2.49. The SMILES string of the molecule is CNC1CCN(C2CCCC2(C)C)CC1. The van der Waals surface area contributed by atoms with Gasteiger partial charge in [-0.2, -0.15) is 0 Å². The van der Waals surface area contributed by atoms with E-state index in [1.54, 1.807) is 0 Å². The summed E-state index contributed by atoms with van der Waals surface area (Å²) in [5.74, 6) is 0. The van der Waals surface area contributed by atoms with Gasteiger partial charge in [0.15, 0.2) is 0 Å². The fourth-order valence-corrected chi connectivity index (χ4v) is 3.49.